The summed E-state index contributed by atoms with van der Waals surface area (Å²) in [5.74, 6) is 0.443. The molecule has 0 amide bonds. The number of hydrogen-bond acceptors (Lipinski definition) is 4. The molecule has 0 bridgehead atoms. The van der Waals surface area contributed by atoms with Crippen LogP contribution in [0.1, 0.15) is 11.5 Å². The Balaban J connectivity index is 3.19. The smallest absolute Gasteiger partial charge is 0.346 e. The van der Waals surface area contributed by atoms with Gasteiger partial charge < -0.3 is 30.3 Å². The van der Waals surface area contributed by atoms with Crippen LogP contribution in [0.2, 0.25) is 0 Å². The molecule has 0 spiro atoms. The van der Waals surface area contributed by atoms with Crippen LogP contribution in [0.25, 0.3) is 0 Å². The first-order valence-electron chi connectivity index (χ1n) is 4.38. The van der Waals surface area contributed by atoms with Gasteiger partial charge in [0.25, 0.3) is 0 Å². The molecule has 1 heterocycles. The number of imidazole rings is 1. The van der Waals surface area contributed by atoms with E-state index in [1.54, 1.807) is 6.92 Å². The zero-order chi connectivity index (χ0) is 13.5. The molecular weight excluding hydrogens is 272 g/mol. The lowest BCUT2D eigenvalue weighted by molar-refractivity contribution is 0.307. The maximum absolute atomic E-state index is 11.2. The number of aromatic amines is 1. The topological polar surface area (TPSA) is 170 Å². The van der Waals surface area contributed by atoms with Crippen molar-refractivity contribution in [2.75, 3.05) is 0 Å². The molecular formula is C6H13N3O6P2. The molecule has 1 rings (SSSR count). The van der Waals surface area contributed by atoms with Gasteiger partial charge in [0, 0.05) is 18.3 Å². The third-order valence-corrected chi connectivity index (χ3v) is 6.11. The summed E-state index contributed by atoms with van der Waals surface area (Å²) in [5, 5.41) is -2.95. The summed E-state index contributed by atoms with van der Waals surface area (Å²) in [6, 6.07) is 0. The van der Waals surface area contributed by atoms with Gasteiger partial charge in [0.15, 0.2) is 0 Å². The van der Waals surface area contributed by atoms with Crippen molar-refractivity contribution in [2.24, 2.45) is 5.73 Å². The summed E-state index contributed by atoms with van der Waals surface area (Å²) in [6.07, 6.45) is 0.505. The van der Waals surface area contributed by atoms with Crippen LogP contribution in [0.3, 0.4) is 0 Å². The minimum Gasteiger partial charge on any atom is -0.346 e. The van der Waals surface area contributed by atoms with Crippen molar-refractivity contribution in [3.05, 3.63) is 17.7 Å². The molecule has 0 aliphatic carbocycles. The molecule has 0 atom stereocenters. The van der Waals surface area contributed by atoms with Crippen molar-refractivity contribution in [1.82, 2.24) is 9.97 Å². The summed E-state index contributed by atoms with van der Waals surface area (Å²) in [5.41, 5.74) is 5.36. The third kappa shape index (κ3) is 2.83. The van der Waals surface area contributed by atoms with Gasteiger partial charge in [-0.3, -0.25) is 9.13 Å². The highest BCUT2D eigenvalue weighted by molar-refractivity contribution is 7.72. The molecule has 7 N–H and O–H groups in total. The van der Waals surface area contributed by atoms with E-state index in [1.807, 2.05) is 0 Å². The van der Waals surface area contributed by atoms with Crippen LogP contribution in [-0.4, -0.2) is 34.6 Å². The number of hydrogen-bond donors (Lipinski definition) is 6. The van der Waals surface area contributed by atoms with E-state index in [1.165, 1.54) is 6.20 Å². The van der Waals surface area contributed by atoms with E-state index < -0.39 is 26.6 Å². The predicted octanol–water partition coefficient (Wildman–Crippen LogP) is -0.771. The number of H-pyrrole nitrogens is 1. The summed E-state index contributed by atoms with van der Waals surface area (Å²) in [4.78, 5) is 42.3. The van der Waals surface area contributed by atoms with Crippen molar-refractivity contribution in [3.8, 4) is 0 Å². The van der Waals surface area contributed by atoms with Crippen LogP contribution in [0.5, 0.6) is 0 Å². The highest BCUT2D eigenvalue weighted by Crippen LogP contribution is 2.66. The largest absolute Gasteiger partial charge is 0.358 e. The molecule has 0 aliphatic heterocycles. The van der Waals surface area contributed by atoms with Gasteiger partial charge in [-0.15, -0.1) is 0 Å². The number of rotatable bonds is 4. The van der Waals surface area contributed by atoms with Gasteiger partial charge in [0.1, 0.15) is 5.82 Å². The molecule has 0 saturated carbocycles. The van der Waals surface area contributed by atoms with Crippen LogP contribution >= 0.6 is 15.2 Å². The van der Waals surface area contributed by atoms with Crippen LogP contribution in [0, 0.1) is 6.92 Å². The summed E-state index contributed by atoms with van der Waals surface area (Å²) < 4.78 is 22.3. The minimum atomic E-state index is -5.20. The maximum Gasteiger partial charge on any atom is 0.358 e. The Labute approximate surface area is 96.4 Å². The van der Waals surface area contributed by atoms with Crippen LogP contribution in [-0.2, 0) is 15.6 Å². The van der Waals surface area contributed by atoms with Crippen molar-refractivity contribution in [2.45, 2.75) is 18.4 Å². The van der Waals surface area contributed by atoms with Gasteiger partial charge in [0.05, 0.1) is 0 Å². The Hall–Kier alpha value is -0.530. The average molecular weight is 285 g/mol. The molecule has 17 heavy (non-hydrogen) atoms. The SMILES string of the molecule is Cc1ncc(CC(N)(P(=O)(O)O)P(=O)(O)O)[nH]1. The number of nitrogens with one attached hydrogen (secondary N) is 1. The summed E-state index contributed by atoms with van der Waals surface area (Å²) in [6.45, 7) is 1.58. The number of aryl methyl sites for hydroxylation is 1. The molecule has 0 unspecified atom stereocenters. The molecule has 98 valence electrons. The average Bonchev–Trinajstić information content (AvgIpc) is 2.47. The molecule has 0 saturated heterocycles. The Bertz CT molecular complexity index is 480. The fraction of sp³-hybridized carbons (Fsp3) is 0.500. The van der Waals surface area contributed by atoms with Crippen LogP contribution < -0.4 is 5.73 Å². The van der Waals surface area contributed by atoms with E-state index >= 15 is 0 Å². The van der Waals surface area contributed by atoms with E-state index in [0.717, 1.165) is 0 Å². The Morgan fingerprint density at radius 3 is 2.12 bits per heavy atom. The number of aromatic nitrogens is 2. The monoisotopic (exact) mass is 285 g/mol. The van der Waals surface area contributed by atoms with E-state index in [2.05, 4.69) is 9.97 Å². The second-order valence-electron chi connectivity index (χ2n) is 3.64. The Kier molecular flexibility index (Phi) is 3.67. The molecule has 0 fully saturated rings. The zero-order valence-corrected chi connectivity index (χ0v) is 10.6. The predicted molar refractivity (Wildman–Crippen MR) is 58.0 cm³/mol. The van der Waals surface area contributed by atoms with Gasteiger partial charge in [-0.25, -0.2) is 4.98 Å². The first kappa shape index (κ1) is 14.5. The Morgan fingerprint density at radius 1 is 1.35 bits per heavy atom. The fourth-order valence-corrected chi connectivity index (χ4v) is 3.33. The second-order valence-corrected chi connectivity index (χ2v) is 7.76. The summed E-state index contributed by atoms with van der Waals surface area (Å²) in [7, 11) is -10.4. The molecule has 1 aromatic heterocycles. The maximum atomic E-state index is 11.2. The highest BCUT2D eigenvalue weighted by atomic mass is 31.2. The van der Waals surface area contributed by atoms with Gasteiger partial charge in [-0.1, -0.05) is 0 Å². The van der Waals surface area contributed by atoms with E-state index in [0.29, 0.717) is 5.82 Å². The van der Waals surface area contributed by atoms with Gasteiger partial charge >= 0.3 is 15.2 Å². The van der Waals surface area contributed by atoms with Crippen molar-refractivity contribution >= 4 is 15.2 Å². The highest BCUT2D eigenvalue weighted by Gasteiger charge is 2.57. The van der Waals surface area contributed by atoms with E-state index in [4.69, 9.17) is 25.3 Å². The lowest BCUT2D eigenvalue weighted by Gasteiger charge is -2.29. The quantitative estimate of drug-likeness (QED) is 0.391. The van der Waals surface area contributed by atoms with Crippen molar-refractivity contribution < 1.29 is 28.7 Å². The molecule has 11 heteroatoms. The van der Waals surface area contributed by atoms with Gasteiger partial charge in [-0.05, 0) is 6.92 Å². The van der Waals surface area contributed by atoms with E-state index in [9.17, 15) is 9.13 Å². The Morgan fingerprint density at radius 2 is 1.82 bits per heavy atom. The second kappa shape index (κ2) is 4.29. The lowest BCUT2D eigenvalue weighted by atomic mass is 10.3. The number of nitrogens with zero attached hydrogens (tertiary/aromatic N) is 1. The first-order valence-corrected chi connectivity index (χ1v) is 7.60. The van der Waals surface area contributed by atoms with Crippen molar-refractivity contribution in [1.29, 1.82) is 0 Å². The molecule has 0 radical (unpaired) electrons. The lowest BCUT2D eigenvalue weighted by Crippen LogP contribution is -2.41. The third-order valence-electron chi connectivity index (χ3n) is 2.21. The fourth-order valence-electron chi connectivity index (χ4n) is 1.22. The minimum absolute atomic E-state index is 0.136. The normalized spacial score (nSPS) is 14.0. The van der Waals surface area contributed by atoms with Gasteiger partial charge in [0.2, 0.25) is 5.02 Å². The molecule has 0 aliphatic rings. The molecule has 1 aromatic rings. The zero-order valence-electron chi connectivity index (χ0n) is 8.81. The first-order chi connectivity index (χ1) is 7.47. The standard InChI is InChI=1S/C6H13N3O6P2/c1-4-8-3-5(9-4)2-6(7,16(10,11)12)17(13,14)15/h3H,2,7H2,1H3,(H,8,9)(H2,10,11,12)(H2,13,14,15). The van der Waals surface area contributed by atoms with Gasteiger partial charge in [-0.2, -0.15) is 0 Å². The molecule has 0 aromatic carbocycles. The van der Waals surface area contributed by atoms with Crippen LogP contribution in [0.15, 0.2) is 6.20 Å². The van der Waals surface area contributed by atoms with Crippen LogP contribution in [0.4, 0.5) is 0 Å². The van der Waals surface area contributed by atoms with Crippen molar-refractivity contribution in [3.63, 3.8) is 0 Å². The van der Waals surface area contributed by atoms with E-state index in [-0.39, 0.29) is 5.69 Å². The molecule has 9 nitrogen and oxygen atoms in total. The number of nitrogens with two attached hydrogens (primary N) is 1. The summed E-state index contributed by atoms with van der Waals surface area (Å²) >= 11 is 0.